The van der Waals surface area contributed by atoms with Gasteiger partial charge in [0.1, 0.15) is 11.8 Å². The number of carbonyl (C=O) groups excluding carboxylic acids is 1. The topological polar surface area (TPSA) is 98.9 Å². The first kappa shape index (κ1) is 14.1. The van der Waals surface area contributed by atoms with Crippen LogP contribution in [0.1, 0.15) is 12.5 Å². The molecule has 0 aliphatic rings. The lowest BCUT2D eigenvalue weighted by Gasteiger charge is -2.10. The van der Waals surface area contributed by atoms with Gasteiger partial charge in [-0.05, 0) is 6.07 Å². The summed E-state index contributed by atoms with van der Waals surface area (Å²) in [5.41, 5.74) is 5.95. The lowest BCUT2D eigenvalue weighted by molar-refractivity contribution is -0.140. The molecule has 3 N–H and O–H groups in total. The minimum atomic E-state index is -1.12. The molecule has 1 rings (SSSR count). The van der Waals surface area contributed by atoms with Crippen LogP contribution in [-0.2, 0) is 20.9 Å². The number of nitrogens with two attached hydrogens (primary N) is 1. The van der Waals surface area contributed by atoms with Crippen molar-refractivity contribution in [1.82, 2.24) is 0 Å². The van der Waals surface area contributed by atoms with Gasteiger partial charge in [0.25, 0.3) is 0 Å². The van der Waals surface area contributed by atoms with Gasteiger partial charge in [0, 0.05) is 12.5 Å². The highest BCUT2D eigenvalue weighted by atomic mass is 16.5. The molecule has 6 nitrogen and oxygen atoms in total. The van der Waals surface area contributed by atoms with E-state index in [0.29, 0.717) is 11.3 Å². The van der Waals surface area contributed by atoms with Crippen LogP contribution < -0.4 is 10.5 Å². The van der Waals surface area contributed by atoms with E-state index in [1.54, 1.807) is 24.3 Å². The van der Waals surface area contributed by atoms with Crippen molar-refractivity contribution in [2.24, 2.45) is 5.73 Å². The molecule has 6 heteroatoms. The first-order chi connectivity index (χ1) is 8.50. The zero-order valence-corrected chi connectivity index (χ0v) is 9.96. The van der Waals surface area contributed by atoms with Gasteiger partial charge in [-0.25, -0.2) is 0 Å². The van der Waals surface area contributed by atoms with Crippen LogP contribution in [0.3, 0.4) is 0 Å². The lowest BCUT2D eigenvalue weighted by atomic mass is 10.2. The van der Waals surface area contributed by atoms with E-state index < -0.39 is 18.0 Å². The first-order valence-electron chi connectivity index (χ1n) is 5.33. The standard InChI is InChI=1S/C12H15NO5/c1-8(14)18-11-5-3-2-4-9(11)6-17-7-10(13)12(15)16/h2-5,10H,6-7,13H2,1H3,(H,15,16)/t10-/m0/s1. The lowest BCUT2D eigenvalue weighted by Crippen LogP contribution is -2.34. The minimum absolute atomic E-state index is 0.107. The molecule has 0 saturated heterocycles. The van der Waals surface area contributed by atoms with Gasteiger partial charge < -0.3 is 20.3 Å². The quantitative estimate of drug-likeness (QED) is 0.567. The number of benzene rings is 1. The Morgan fingerprint density at radius 1 is 1.39 bits per heavy atom. The van der Waals surface area contributed by atoms with Gasteiger partial charge in [-0.3, -0.25) is 9.59 Å². The number of rotatable bonds is 6. The molecule has 0 radical (unpaired) electrons. The monoisotopic (exact) mass is 253 g/mol. The van der Waals surface area contributed by atoms with Crippen molar-refractivity contribution < 1.29 is 24.2 Å². The van der Waals surface area contributed by atoms with Crippen molar-refractivity contribution in [2.75, 3.05) is 6.61 Å². The zero-order valence-electron chi connectivity index (χ0n) is 9.96. The smallest absolute Gasteiger partial charge is 0.322 e. The summed E-state index contributed by atoms with van der Waals surface area (Å²) in [6.07, 6.45) is 0. The predicted octanol–water partition coefficient (Wildman–Crippen LogP) is 0.540. The number of carboxylic acid groups (broad SMARTS) is 1. The molecular formula is C12H15NO5. The van der Waals surface area contributed by atoms with Gasteiger partial charge in [0.2, 0.25) is 0 Å². The van der Waals surface area contributed by atoms with E-state index in [4.69, 9.17) is 20.3 Å². The fourth-order valence-electron chi connectivity index (χ4n) is 1.24. The van der Waals surface area contributed by atoms with Crippen molar-refractivity contribution in [2.45, 2.75) is 19.6 Å². The Balaban J connectivity index is 2.56. The average Bonchev–Trinajstić information content (AvgIpc) is 2.30. The van der Waals surface area contributed by atoms with E-state index in [1.807, 2.05) is 0 Å². The summed E-state index contributed by atoms with van der Waals surface area (Å²) in [4.78, 5) is 21.4. The van der Waals surface area contributed by atoms with E-state index >= 15 is 0 Å². The second kappa shape index (κ2) is 6.73. The molecule has 18 heavy (non-hydrogen) atoms. The molecule has 1 aromatic rings. The average molecular weight is 253 g/mol. The molecular weight excluding hydrogens is 238 g/mol. The molecule has 1 atom stereocenters. The molecule has 0 unspecified atom stereocenters. The molecule has 0 amide bonds. The summed E-state index contributed by atoms with van der Waals surface area (Å²) in [5, 5.41) is 8.58. The van der Waals surface area contributed by atoms with Crippen molar-refractivity contribution in [1.29, 1.82) is 0 Å². The first-order valence-corrected chi connectivity index (χ1v) is 5.33. The highest BCUT2D eigenvalue weighted by Crippen LogP contribution is 2.18. The molecule has 1 aromatic carbocycles. The summed E-state index contributed by atoms with van der Waals surface area (Å²) >= 11 is 0. The van der Waals surface area contributed by atoms with E-state index in [2.05, 4.69) is 0 Å². The van der Waals surface area contributed by atoms with Crippen molar-refractivity contribution >= 4 is 11.9 Å². The highest BCUT2D eigenvalue weighted by Gasteiger charge is 2.12. The Kier molecular flexibility index (Phi) is 5.29. The Bertz CT molecular complexity index is 432. The van der Waals surface area contributed by atoms with Crippen molar-refractivity contribution in [3.05, 3.63) is 29.8 Å². The second-order valence-electron chi connectivity index (χ2n) is 3.66. The molecule has 0 aliphatic carbocycles. The molecule has 0 bridgehead atoms. The summed E-state index contributed by atoms with van der Waals surface area (Å²) < 4.78 is 10.2. The minimum Gasteiger partial charge on any atom is -0.480 e. The van der Waals surface area contributed by atoms with Crippen LogP contribution in [0.4, 0.5) is 0 Å². The highest BCUT2D eigenvalue weighted by molar-refractivity contribution is 5.73. The van der Waals surface area contributed by atoms with Crippen LogP contribution in [0, 0.1) is 0 Å². The molecule has 0 spiro atoms. The number of carboxylic acids is 1. The Morgan fingerprint density at radius 3 is 2.67 bits per heavy atom. The van der Waals surface area contributed by atoms with Gasteiger partial charge in [0.15, 0.2) is 0 Å². The summed E-state index contributed by atoms with van der Waals surface area (Å²) in [6.45, 7) is 1.33. The fourth-order valence-corrected chi connectivity index (χ4v) is 1.24. The van der Waals surface area contributed by atoms with Crippen LogP contribution in [0.25, 0.3) is 0 Å². The van der Waals surface area contributed by atoms with Crippen LogP contribution in [0.2, 0.25) is 0 Å². The third-order valence-electron chi connectivity index (χ3n) is 2.10. The maximum absolute atomic E-state index is 10.9. The van der Waals surface area contributed by atoms with Crippen molar-refractivity contribution in [3.8, 4) is 5.75 Å². The van der Waals surface area contributed by atoms with Gasteiger partial charge in [-0.1, -0.05) is 18.2 Å². The predicted molar refractivity (Wildman–Crippen MR) is 63.0 cm³/mol. The second-order valence-corrected chi connectivity index (χ2v) is 3.66. The van der Waals surface area contributed by atoms with Gasteiger partial charge >= 0.3 is 11.9 Å². The molecule has 0 aliphatic heterocycles. The van der Waals surface area contributed by atoms with Crippen LogP contribution in [-0.4, -0.2) is 29.7 Å². The number of carbonyl (C=O) groups is 2. The number of esters is 1. The van der Waals surface area contributed by atoms with E-state index in [9.17, 15) is 9.59 Å². The maximum atomic E-state index is 10.9. The maximum Gasteiger partial charge on any atom is 0.322 e. The number of hydrogen-bond donors (Lipinski definition) is 2. The Labute approximate surface area is 104 Å². The molecule has 0 aromatic heterocycles. The van der Waals surface area contributed by atoms with E-state index in [0.717, 1.165) is 0 Å². The van der Waals surface area contributed by atoms with Crippen LogP contribution in [0.5, 0.6) is 5.75 Å². The van der Waals surface area contributed by atoms with Gasteiger partial charge in [0.05, 0.1) is 13.2 Å². The van der Waals surface area contributed by atoms with E-state index in [-0.39, 0.29) is 13.2 Å². The van der Waals surface area contributed by atoms with Gasteiger partial charge in [-0.2, -0.15) is 0 Å². The zero-order chi connectivity index (χ0) is 13.5. The molecule has 0 fully saturated rings. The normalized spacial score (nSPS) is 11.9. The Hall–Kier alpha value is -1.92. The number of hydrogen-bond acceptors (Lipinski definition) is 5. The Morgan fingerprint density at radius 2 is 2.06 bits per heavy atom. The molecule has 0 heterocycles. The fraction of sp³-hybridized carbons (Fsp3) is 0.333. The largest absolute Gasteiger partial charge is 0.480 e. The summed E-state index contributed by atoms with van der Waals surface area (Å²) in [5.74, 6) is -1.15. The molecule has 98 valence electrons. The summed E-state index contributed by atoms with van der Waals surface area (Å²) in [7, 11) is 0. The third-order valence-corrected chi connectivity index (χ3v) is 2.10. The number of para-hydroxylation sites is 1. The van der Waals surface area contributed by atoms with Crippen LogP contribution in [0.15, 0.2) is 24.3 Å². The summed E-state index contributed by atoms with van der Waals surface area (Å²) in [6, 6.07) is 5.79. The molecule has 0 saturated carbocycles. The SMILES string of the molecule is CC(=O)Oc1ccccc1COC[C@H](N)C(=O)O. The number of aliphatic carboxylic acids is 1. The van der Waals surface area contributed by atoms with Gasteiger partial charge in [-0.15, -0.1) is 0 Å². The van der Waals surface area contributed by atoms with E-state index in [1.165, 1.54) is 6.92 Å². The van der Waals surface area contributed by atoms with Crippen LogP contribution >= 0.6 is 0 Å². The number of ether oxygens (including phenoxy) is 2. The van der Waals surface area contributed by atoms with Crippen molar-refractivity contribution in [3.63, 3.8) is 0 Å². The third kappa shape index (κ3) is 4.52.